The van der Waals surface area contributed by atoms with Crippen molar-refractivity contribution < 1.29 is 21.6 Å². The largest absolute Gasteiger partial charge is 0.346 e. The second kappa shape index (κ2) is 9.25. The molecule has 2 aromatic carbocycles. The van der Waals surface area contributed by atoms with Crippen LogP contribution in [0.2, 0.25) is 5.02 Å². The lowest BCUT2D eigenvalue weighted by molar-refractivity contribution is 0.0939. The van der Waals surface area contributed by atoms with Crippen molar-refractivity contribution in [3.8, 4) is 0 Å². The molecule has 0 aromatic heterocycles. The molecule has 31 heavy (non-hydrogen) atoms. The predicted molar refractivity (Wildman–Crippen MR) is 118 cm³/mol. The molecule has 0 aliphatic carbocycles. The number of rotatable bonds is 6. The zero-order chi connectivity index (χ0) is 22.8. The molecule has 1 amide bonds. The van der Waals surface area contributed by atoms with Crippen LogP contribution in [0, 0.1) is 0 Å². The van der Waals surface area contributed by atoms with Gasteiger partial charge in [-0.15, -0.1) is 0 Å². The fourth-order valence-corrected chi connectivity index (χ4v) is 5.93. The number of sulfonamides is 2. The predicted octanol–water partition coefficient (Wildman–Crippen LogP) is 2.65. The van der Waals surface area contributed by atoms with Gasteiger partial charge < -0.3 is 5.32 Å². The summed E-state index contributed by atoms with van der Waals surface area (Å²) in [4.78, 5) is 12.6. The van der Waals surface area contributed by atoms with Crippen LogP contribution in [0.15, 0.2) is 52.3 Å². The van der Waals surface area contributed by atoms with Crippen molar-refractivity contribution in [1.29, 1.82) is 0 Å². The number of hydrogen-bond acceptors (Lipinski definition) is 5. The van der Waals surface area contributed by atoms with Gasteiger partial charge in [0.2, 0.25) is 20.0 Å². The van der Waals surface area contributed by atoms with Gasteiger partial charge in [-0.25, -0.2) is 22.0 Å². The number of hydrogen-bond donors (Lipinski definition) is 2. The number of carbonyl (C=O) groups is 1. The van der Waals surface area contributed by atoms with Crippen molar-refractivity contribution in [2.24, 2.45) is 5.14 Å². The Morgan fingerprint density at radius 1 is 1.03 bits per heavy atom. The second-order valence-electron chi connectivity index (χ2n) is 7.42. The Bertz CT molecular complexity index is 1180. The van der Waals surface area contributed by atoms with E-state index in [0.29, 0.717) is 18.7 Å². The Balaban J connectivity index is 1.80. The number of nitrogens with one attached hydrogen (secondary N) is 1. The fourth-order valence-electron chi connectivity index (χ4n) is 3.40. The third kappa shape index (κ3) is 5.45. The van der Waals surface area contributed by atoms with Crippen molar-refractivity contribution in [3.63, 3.8) is 0 Å². The van der Waals surface area contributed by atoms with Crippen molar-refractivity contribution in [1.82, 2.24) is 9.62 Å². The van der Waals surface area contributed by atoms with Crippen LogP contribution in [0.1, 0.15) is 48.1 Å². The number of piperidine rings is 1. The number of primary sulfonamides is 1. The highest BCUT2D eigenvalue weighted by atomic mass is 35.5. The van der Waals surface area contributed by atoms with E-state index in [-0.39, 0.29) is 20.4 Å². The summed E-state index contributed by atoms with van der Waals surface area (Å²) in [5.74, 6) is -0.477. The molecule has 1 heterocycles. The molecule has 0 radical (unpaired) electrons. The molecule has 1 saturated heterocycles. The third-order valence-electron chi connectivity index (χ3n) is 5.18. The first kappa shape index (κ1) is 23.7. The summed E-state index contributed by atoms with van der Waals surface area (Å²) >= 11 is 6.16. The van der Waals surface area contributed by atoms with E-state index in [0.717, 1.165) is 19.3 Å². The van der Waals surface area contributed by atoms with Crippen molar-refractivity contribution in [2.75, 3.05) is 13.1 Å². The van der Waals surface area contributed by atoms with Crippen LogP contribution in [0.4, 0.5) is 0 Å². The smallest absolute Gasteiger partial charge is 0.251 e. The number of halogens is 1. The minimum atomic E-state index is -3.80. The average Bonchev–Trinajstić information content (AvgIpc) is 2.74. The van der Waals surface area contributed by atoms with Gasteiger partial charge in [0.05, 0.1) is 16.0 Å². The minimum absolute atomic E-state index is 0.0277. The highest BCUT2D eigenvalue weighted by molar-refractivity contribution is 7.89. The topological polar surface area (TPSA) is 127 Å². The van der Waals surface area contributed by atoms with Crippen LogP contribution in [-0.2, 0) is 20.0 Å². The lowest BCUT2D eigenvalue weighted by Gasteiger charge is -2.26. The van der Waals surface area contributed by atoms with Crippen LogP contribution in [0.3, 0.4) is 0 Å². The molecule has 0 saturated carbocycles. The van der Waals surface area contributed by atoms with Crippen LogP contribution >= 0.6 is 11.6 Å². The molecule has 168 valence electrons. The summed E-state index contributed by atoms with van der Waals surface area (Å²) in [6.07, 6.45) is 2.57. The number of benzene rings is 2. The van der Waals surface area contributed by atoms with E-state index in [2.05, 4.69) is 5.32 Å². The maximum Gasteiger partial charge on any atom is 0.251 e. The first-order valence-electron chi connectivity index (χ1n) is 9.73. The van der Waals surface area contributed by atoms with Crippen LogP contribution in [0.25, 0.3) is 0 Å². The number of amides is 1. The van der Waals surface area contributed by atoms with E-state index in [1.54, 1.807) is 19.1 Å². The SMILES string of the molecule is C[C@H](NC(=O)c1ccc(Cl)c(S(=O)(=O)N2CCCCC2)c1)c1ccc(S(N)(=O)=O)cc1. The standard InChI is InChI=1S/C20H24ClN3O5S2/c1-14(15-5-8-17(9-6-15)30(22,26)27)23-20(25)16-7-10-18(21)19(13-16)31(28,29)24-11-3-2-4-12-24/h5-10,13-14H,2-4,11-12H2,1H3,(H,23,25)(H2,22,26,27)/t14-/m0/s1. The zero-order valence-corrected chi connectivity index (χ0v) is 19.3. The number of nitrogens with two attached hydrogens (primary N) is 1. The summed E-state index contributed by atoms with van der Waals surface area (Å²) in [6.45, 7) is 2.59. The molecule has 2 aromatic rings. The molecule has 0 bridgehead atoms. The van der Waals surface area contributed by atoms with Gasteiger partial charge in [-0.05, 0) is 55.7 Å². The van der Waals surface area contributed by atoms with Crippen LogP contribution in [-0.4, -0.2) is 40.1 Å². The molecule has 0 spiro atoms. The lowest BCUT2D eigenvalue weighted by atomic mass is 10.1. The van der Waals surface area contributed by atoms with Crippen LogP contribution in [0.5, 0.6) is 0 Å². The van der Waals surface area contributed by atoms with Gasteiger partial charge in [0.1, 0.15) is 4.90 Å². The van der Waals surface area contributed by atoms with Gasteiger partial charge in [0.15, 0.2) is 0 Å². The van der Waals surface area contributed by atoms with E-state index in [1.165, 1.54) is 34.6 Å². The van der Waals surface area contributed by atoms with Crippen molar-refractivity contribution in [2.45, 2.75) is 42.0 Å². The Labute approximate surface area is 187 Å². The molecule has 3 rings (SSSR count). The number of carbonyl (C=O) groups excluding carboxylic acids is 1. The maximum absolute atomic E-state index is 13.0. The summed E-state index contributed by atoms with van der Waals surface area (Å²) in [6, 6.07) is 9.52. The average molecular weight is 486 g/mol. The van der Waals surface area contributed by atoms with Gasteiger partial charge in [0.25, 0.3) is 5.91 Å². The molecule has 1 atom stereocenters. The molecular formula is C20H24ClN3O5S2. The first-order valence-corrected chi connectivity index (χ1v) is 13.1. The van der Waals surface area contributed by atoms with Gasteiger partial charge in [-0.1, -0.05) is 30.2 Å². The summed E-state index contributed by atoms with van der Waals surface area (Å²) in [7, 11) is -7.60. The fraction of sp³-hybridized carbons (Fsp3) is 0.350. The van der Waals surface area contributed by atoms with Gasteiger partial charge in [-0.3, -0.25) is 4.79 Å². The summed E-state index contributed by atoms with van der Waals surface area (Å²) in [5, 5.41) is 7.93. The van der Waals surface area contributed by atoms with E-state index >= 15 is 0 Å². The molecule has 11 heteroatoms. The van der Waals surface area contributed by atoms with Gasteiger partial charge >= 0.3 is 0 Å². The lowest BCUT2D eigenvalue weighted by Crippen LogP contribution is -2.36. The van der Waals surface area contributed by atoms with Gasteiger partial charge in [-0.2, -0.15) is 4.31 Å². The monoisotopic (exact) mass is 485 g/mol. The Kier molecular flexibility index (Phi) is 7.07. The quantitative estimate of drug-likeness (QED) is 0.650. The van der Waals surface area contributed by atoms with Gasteiger partial charge in [0, 0.05) is 18.7 Å². The molecule has 3 N–H and O–H groups in total. The Hall–Kier alpha value is -1.98. The van der Waals surface area contributed by atoms with E-state index in [9.17, 15) is 21.6 Å². The highest BCUT2D eigenvalue weighted by Gasteiger charge is 2.29. The number of nitrogens with zero attached hydrogens (tertiary/aromatic N) is 1. The van der Waals surface area contributed by atoms with Crippen molar-refractivity contribution >= 4 is 37.6 Å². The van der Waals surface area contributed by atoms with E-state index in [4.69, 9.17) is 16.7 Å². The normalized spacial score (nSPS) is 16.6. The Morgan fingerprint density at radius 2 is 1.65 bits per heavy atom. The molecular weight excluding hydrogens is 462 g/mol. The van der Waals surface area contributed by atoms with Crippen LogP contribution < -0.4 is 10.5 Å². The highest BCUT2D eigenvalue weighted by Crippen LogP contribution is 2.28. The molecule has 1 fully saturated rings. The van der Waals surface area contributed by atoms with E-state index in [1.807, 2.05) is 0 Å². The maximum atomic E-state index is 13.0. The van der Waals surface area contributed by atoms with Crippen molar-refractivity contribution in [3.05, 3.63) is 58.6 Å². The Morgan fingerprint density at radius 3 is 2.23 bits per heavy atom. The zero-order valence-electron chi connectivity index (χ0n) is 16.9. The first-order chi connectivity index (χ1) is 14.5. The van der Waals surface area contributed by atoms with E-state index < -0.39 is 32.0 Å². The second-order valence-corrected chi connectivity index (χ2v) is 11.3. The summed E-state index contributed by atoms with van der Waals surface area (Å²) in [5.41, 5.74) is 0.823. The molecule has 1 aliphatic rings. The molecule has 1 aliphatic heterocycles. The molecule has 0 unspecified atom stereocenters. The molecule has 8 nitrogen and oxygen atoms in total. The minimum Gasteiger partial charge on any atom is -0.346 e. The summed E-state index contributed by atoms with van der Waals surface area (Å²) < 4.78 is 50.1. The third-order valence-corrected chi connectivity index (χ3v) is 8.49.